The van der Waals surface area contributed by atoms with Crippen molar-refractivity contribution in [3.63, 3.8) is 0 Å². The van der Waals surface area contributed by atoms with Crippen molar-refractivity contribution in [1.82, 2.24) is 9.97 Å². The zero-order chi connectivity index (χ0) is 33.6. The fourth-order valence-electron chi connectivity index (χ4n) is 6.60. The zero-order valence-corrected chi connectivity index (χ0v) is 30.9. The first-order chi connectivity index (χ1) is 23.9. The monoisotopic (exact) mass is 827 g/mol. The van der Waals surface area contributed by atoms with Crippen LogP contribution in [0.5, 0.6) is 0 Å². The summed E-state index contributed by atoms with van der Waals surface area (Å²) in [6.07, 6.45) is 3.78. The van der Waals surface area contributed by atoms with Gasteiger partial charge in [-0.1, -0.05) is 48.9 Å². The number of furan rings is 2. The molecule has 0 atom stereocenters. The third-order valence-corrected chi connectivity index (χ3v) is 9.31. The molecular formula is C45H34IrN2O2-2. The average Bonchev–Trinajstić information content (AvgIpc) is 3.69. The van der Waals surface area contributed by atoms with Crippen LogP contribution in [0.1, 0.15) is 27.8 Å². The normalized spacial score (nSPS) is 11.1. The Morgan fingerprint density at radius 1 is 0.560 bits per heavy atom. The van der Waals surface area contributed by atoms with Gasteiger partial charge in [-0.2, -0.15) is 0 Å². The van der Waals surface area contributed by atoms with Crippen LogP contribution in [0, 0.1) is 46.8 Å². The average molecular weight is 827 g/mol. The van der Waals surface area contributed by atoms with Crippen LogP contribution in [0.25, 0.3) is 77.5 Å². The fourth-order valence-corrected chi connectivity index (χ4v) is 6.60. The number of pyridine rings is 2. The number of aryl methyl sites for hydroxylation is 5. The maximum atomic E-state index is 6.56. The summed E-state index contributed by atoms with van der Waals surface area (Å²) >= 11 is 0. The third kappa shape index (κ3) is 5.93. The molecule has 9 rings (SSSR count). The second-order valence-electron chi connectivity index (χ2n) is 12.7. The Bertz CT molecular complexity index is 2650. The van der Waals surface area contributed by atoms with E-state index >= 15 is 0 Å². The molecule has 5 heteroatoms. The van der Waals surface area contributed by atoms with Gasteiger partial charge in [-0.3, -0.25) is 0 Å². The predicted molar refractivity (Wildman–Crippen MR) is 201 cm³/mol. The number of benzene rings is 5. The van der Waals surface area contributed by atoms with Crippen LogP contribution in [-0.2, 0) is 20.1 Å². The third-order valence-electron chi connectivity index (χ3n) is 9.31. The van der Waals surface area contributed by atoms with Crippen LogP contribution in [0.3, 0.4) is 0 Å². The van der Waals surface area contributed by atoms with E-state index in [1.807, 2.05) is 67.0 Å². The second-order valence-corrected chi connectivity index (χ2v) is 12.7. The molecule has 0 N–H and O–H groups in total. The number of rotatable bonds is 3. The van der Waals surface area contributed by atoms with Gasteiger partial charge in [0, 0.05) is 59.6 Å². The Hall–Kier alpha value is -5.35. The van der Waals surface area contributed by atoms with Gasteiger partial charge in [-0.25, -0.2) is 0 Å². The predicted octanol–water partition coefficient (Wildman–Crippen LogP) is 12.1. The Morgan fingerprint density at radius 2 is 1.30 bits per heavy atom. The van der Waals surface area contributed by atoms with E-state index in [0.717, 1.165) is 77.5 Å². The van der Waals surface area contributed by atoms with Crippen molar-refractivity contribution < 1.29 is 28.9 Å². The largest absolute Gasteiger partial charge is 0.456 e. The van der Waals surface area contributed by atoms with Crippen LogP contribution < -0.4 is 0 Å². The number of hydrogen-bond donors (Lipinski definition) is 0. The molecule has 4 aromatic heterocycles. The van der Waals surface area contributed by atoms with E-state index in [2.05, 4.69) is 105 Å². The van der Waals surface area contributed by atoms with Crippen LogP contribution >= 0.6 is 0 Å². The van der Waals surface area contributed by atoms with Gasteiger partial charge in [-0.15, -0.1) is 71.3 Å². The van der Waals surface area contributed by atoms with Crippen molar-refractivity contribution >= 4 is 43.9 Å². The first kappa shape index (κ1) is 33.2. The maximum absolute atomic E-state index is 6.56. The molecule has 4 heterocycles. The van der Waals surface area contributed by atoms with E-state index in [-0.39, 0.29) is 20.1 Å². The van der Waals surface area contributed by atoms with Gasteiger partial charge in [0.05, 0.1) is 0 Å². The van der Waals surface area contributed by atoms with E-state index in [0.29, 0.717) is 0 Å². The summed E-state index contributed by atoms with van der Waals surface area (Å²) in [5, 5.41) is 4.39. The van der Waals surface area contributed by atoms with Crippen molar-refractivity contribution in [2.24, 2.45) is 0 Å². The van der Waals surface area contributed by atoms with Crippen LogP contribution in [0.4, 0.5) is 0 Å². The Morgan fingerprint density at radius 3 is 2.02 bits per heavy atom. The molecule has 0 aliphatic rings. The molecule has 0 aliphatic carbocycles. The molecule has 0 unspecified atom stereocenters. The van der Waals surface area contributed by atoms with Crippen LogP contribution in [0.15, 0.2) is 124 Å². The standard InChI is InChI=1S/C31H20NO2.C14H14N.Ir/c1-18-8-6-12-24-27(18)22-17-26-30(28-19(2)9-7-13-25(28)33-26)29(31(22)34-24)21-14-15-32-23(16-21)20-10-4-3-5-11-20;1-10-4-6-13(7-5-10)14-8-11(2)12(3)9-15-14;/h3-10,12-17H,1-2H3;4-6,8-9H,1-3H3;/q2*-1;. The van der Waals surface area contributed by atoms with Crippen molar-refractivity contribution in [1.29, 1.82) is 0 Å². The number of aromatic nitrogens is 2. The van der Waals surface area contributed by atoms with E-state index in [1.54, 1.807) is 0 Å². The molecular weight excluding hydrogens is 793 g/mol. The van der Waals surface area contributed by atoms with Crippen LogP contribution in [0.2, 0.25) is 0 Å². The summed E-state index contributed by atoms with van der Waals surface area (Å²) in [6.45, 7) is 10.5. The van der Waals surface area contributed by atoms with Crippen molar-refractivity contribution in [3.05, 3.63) is 155 Å². The Balaban J connectivity index is 0.000000207. The van der Waals surface area contributed by atoms with E-state index in [1.165, 1.54) is 27.8 Å². The Kier molecular flexibility index (Phi) is 8.96. The first-order valence-electron chi connectivity index (χ1n) is 16.5. The molecule has 0 saturated carbocycles. The molecule has 4 nitrogen and oxygen atoms in total. The molecule has 5 aromatic carbocycles. The fraction of sp³-hybridized carbons (Fsp3) is 0.111. The minimum absolute atomic E-state index is 0. The minimum Gasteiger partial charge on any atom is -0.456 e. The van der Waals surface area contributed by atoms with Gasteiger partial charge in [-0.05, 0) is 85.6 Å². The van der Waals surface area contributed by atoms with Gasteiger partial charge in [0.1, 0.15) is 22.3 Å². The molecule has 50 heavy (non-hydrogen) atoms. The topological polar surface area (TPSA) is 52.1 Å². The zero-order valence-electron chi connectivity index (χ0n) is 28.5. The van der Waals surface area contributed by atoms with E-state index in [9.17, 15) is 0 Å². The summed E-state index contributed by atoms with van der Waals surface area (Å²) in [5.41, 5.74) is 15.6. The molecule has 1 radical (unpaired) electrons. The first-order valence-corrected chi connectivity index (χ1v) is 16.5. The minimum atomic E-state index is 0. The molecule has 247 valence electrons. The van der Waals surface area contributed by atoms with Gasteiger partial charge < -0.3 is 18.8 Å². The maximum Gasteiger partial charge on any atom is 0.144 e. The number of hydrogen-bond acceptors (Lipinski definition) is 4. The smallest absolute Gasteiger partial charge is 0.144 e. The number of fused-ring (bicyclic) bond motifs is 6. The molecule has 0 saturated heterocycles. The second kappa shape index (κ2) is 13.5. The molecule has 0 aliphatic heterocycles. The van der Waals surface area contributed by atoms with Crippen LogP contribution in [-0.4, -0.2) is 9.97 Å². The Labute approximate surface area is 305 Å². The van der Waals surface area contributed by atoms with Crippen molar-refractivity contribution in [2.45, 2.75) is 34.6 Å². The quantitative estimate of drug-likeness (QED) is 0.167. The van der Waals surface area contributed by atoms with E-state index < -0.39 is 0 Å². The summed E-state index contributed by atoms with van der Waals surface area (Å²) < 4.78 is 13.0. The van der Waals surface area contributed by atoms with Crippen molar-refractivity contribution in [2.75, 3.05) is 0 Å². The SMILES string of the molecule is Cc1c[c-]c(-c2cc(C)c(C)cn2)cc1.Cc1cccc2oc3c(-c4ccnc(-c5[c-]cccc5)c4)c4c(cc3c12)oc1cccc(C)c14.[Ir]. The molecule has 0 fully saturated rings. The summed E-state index contributed by atoms with van der Waals surface area (Å²) in [4.78, 5) is 9.04. The number of nitrogens with zero attached hydrogens (tertiary/aromatic N) is 2. The summed E-state index contributed by atoms with van der Waals surface area (Å²) in [6, 6.07) is 41.4. The molecule has 0 bridgehead atoms. The summed E-state index contributed by atoms with van der Waals surface area (Å²) in [7, 11) is 0. The van der Waals surface area contributed by atoms with Gasteiger partial charge in [0.15, 0.2) is 0 Å². The van der Waals surface area contributed by atoms with Crippen molar-refractivity contribution in [3.8, 4) is 33.6 Å². The molecule has 0 amide bonds. The van der Waals surface area contributed by atoms with Gasteiger partial charge >= 0.3 is 0 Å². The van der Waals surface area contributed by atoms with E-state index in [4.69, 9.17) is 8.83 Å². The van der Waals surface area contributed by atoms with Gasteiger partial charge in [0.25, 0.3) is 0 Å². The summed E-state index contributed by atoms with van der Waals surface area (Å²) in [5.74, 6) is 0. The molecule has 0 spiro atoms. The van der Waals surface area contributed by atoms with Gasteiger partial charge in [0.2, 0.25) is 0 Å². The molecule has 9 aromatic rings.